The molecule has 0 radical (unpaired) electrons. The van der Waals surface area contributed by atoms with Gasteiger partial charge in [-0.1, -0.05) is 71.1 Å². The second kappa shape index (κ2) is 20.0. The fraction of sp³-hybridized carbons (Fsp3) is 0.842. The molecule has 0 spiro atoms. The number of hydrogen-bond acceptors (Lipinski definition) is 6. The second-order valence-electron chi connectivity index (χ2n) is 6.60. The zero-order valence-electron chi connectivity index (χ0n) is 16.6. The van der Waals surface area contributed by atoms with Crippen molar-refractivity contribution in [2.24, 2.45) is 5.73 Å². The summed E-state index contributed by atoms with van der Waals surface area (Å²) in [7, 11) is 0. The van der Waals surface area contributed by atoms with E-state index in [-0.39, 0.29) is 70.6 Å². The van der Waals surface area contributed by atoms with Gasteiger partial charge in [-0.15, -0.1) is 0 Å². The Balaban J connectivity index is 0. The Labute approximate surface area is 200 Å². The molecule has 0 saturated carbocycles. The van der Waals surface area contributed by atoms with Crippen LogP contribution in [-0.2, 0) is 19.1 Å². The molecule has 0 aromatic rings. The Kier molecular flexibility index (Phi) is 21.8. The normalized spacial score (nSPS) is 11.5. The van der Waals surface area contributed by atoms with Crippen LogP contribution in [0.1, 0.15) is 96.8 Å². The number of aliphatic carboxylic acids is 1. The van der Waals surface area contributed by atoms with Gasteiger partial charge in [-0.2, -0.15) is 0 Å². The predicted molar refractivity (Wildman–Crippen MR) is 94.4 cm³/mol. The molecule has 0 aromatic heterocycles. The quantitative estimate of drug-likeness (QED) is 0.165. The van der Waals surface area contributed by atoms with Crippen LogP contribution in [0.5, 0.6) is 0 Å². The molecule has 0 unspecified atom stereocenters. The van der Waals surface area contributed by atoms with Crippen LogP contribution in [0.3, 0.4) is 0 Å². The molecule has 0 heterocycles. The topological polar surface area (TPSA) is 110 Å². The third-order valence-electron chi connectivity index (χ3n) is 4.16. The number of carbonyl (C=O) groups is 3. The van der Waals surface area contributed by atoms with Crippen LogP contribution in [0.2, 0.25) is 0 Å². The van der Waals surface area contributed by atoms with E-state index < -0.39 is 23.9 Å². The summed E-state index contributed by atoms with van der Waals surface area (Å²) >= 11 is 0. The van der Waals surface area contributed by atoms with Gasteiger partial charge in [-0.25, -0.2) is 4.79 Å². The van der Waals surface area contributed by atoms with Gasteiger partial charge in [0.15, 0.2) is 0 Å². The van der Waals surface area contributed by atoms with Crippen LogP contribution in [0.4, 0.5) is 0 Å². The number of hydrogen-bond donors (Lipinski definition) is 1. The van der Waals surface area contributed by atoms with E-state index in [0.717, 1.165) is 12.8 Å². The molecule has 0 aliphatic heterocycles. The maximum absolute atomic E-state index is 11.5. The molecule has 0 saturated heterocycles. The molecule has 0 rings (SSSR count). The Bertz CT molecular complexity index is 390. The van der Waals surface area contributed by atoms with Crippen molar-refractivity contribution in [2.45, 2.75) is 103 Å². The monoisotopic (exact) mass is 395 g/mol. The van der Waals surface area contributed by atoms with Crippen molar-refractivity contribution >= 4 is 17.9 Å². The Morgan fingerprint density at radius 2 is 1.31 bits per heavy atom. The first kappa shape index (κ1) is 28.4. The number of esters is 2. The second-order valence-corrected chi connectivity index (χ2v) is 6.60. The van der Waals surface area contributed by atoms with Crippen molar-refractivity contribution in [1.29, 1.82) is 0 Å². The van der Waals surface area contributed by atoms with Gasteiger partial charge < -0.3 is 20.4 Å². The van der Waals surface area contributed by atoms with Crippen molar-refractivity contribution in [3.8, 4) is 0 Å². The molecule has 0 fully saturated rings. The van der Waals surface area contributed by atoms with Gasteiger partial charge in [0.2, 0.25) is 0 Å². The summed E-state index contributed by atoms with van der Waals surface area (Å²) in [5, 5.41) is 10.3. The van der Waals surface area contributed by atoms with Crippen molar-refractivity contribution in [1.82, 2.24) is 0 Å². The number of rotatable bonds is 16. The molecule has 146 valence electrons. The maximum Gasteiger partial charge on any atom is 1.00 e. The summed E-state index contributed by atoms with van der Waals surface area (Å²) < 4.78 is 4.62. The minimum Gasteiger partial charge on any atom is -0.550 e. The van der Waals surface area contributed by atoms with Crippen molar-refractivity contribution < 1.29 is 75.6 Å². The molecule has 1 atom stereocenters. The third kappa shape index (κ3) is 19.0. The molecule has 0 aliphatic rings. The number of carboxylic acids is 1. The van der Waals surface area contributed by atoms with E-state index in [1.54, 1.807) is 0 Å². The largest absolute Gasteiger partial charge is 1.00 e. The minimum absolute atomic E-state index is 0. The van der Waals surface area contributed by atoms with Gasteiger partial charge in [0.25, 0.3) is 0 Å². The fourth-order valence-corrected chi connectivity index (χ4v) is 2.56. The van der Waals surface area contributed by atoms with Gasteiger partial charge in [0, 0.05) is 12.4 Å². The summed E-state index contributed by atoms with van der Waals surface area (Å²) in [4.78, 5) is 33.3. The van der Waals surface area contributed by atoms with Crippen LogP contribution >= 0.6 is 0 Å². The number of ether oxygens (including phenoxy) is 1. The SMILES string of the molecule is CCCCCCCCCCCCCC(=O)OC(=O)[C@@H](N)CCC(=O)[O-].[K+]. The van der Waals surface area contributed by atoms with E-state index in [1.807, 2.05) is 0 Å². The van der Waals surface area contributed by atoms with Crippen LogP contribution < -0.4 is 62.2 Å². The molecule has 7 heteroatoms. The molecular formula is C19H34KNO5. The first-order chi connectivity index (χ1) is 12.0. The Morgan fingerprint density at radius 3 is 1.77 bits per heavy atom. The fourth-order valence-electron chi connectivity index (χ4n) is 2.56. The Hall–Kier alpha value is 0.206. The van der Waals surface area contributed by atoms with E-state index in [2.05, 4.69) is 11.7 Å². The summed E-state index contributed by atoms with van der Waals surface area (Å²) in [6, 6.07) is -1.10. The van der Waals surface area contributed by atoms with Gasteiger partial charge in [-0.05, 0) is 19.3 Å². The summed E-state index contributed by atoms with van der Waals surface area (Å²) in [5.41, 5.74) is 5.46. The van der Waals surface area contributed by atoms with E-state index in [1.165, 1.54) is 51.4 Å². The van der Waals surface area contributed by atoms with Crippen molar-refractivity contribution in [2.75, 3.05) is 0 Å². The van der Waals surface area contributed by atoms with E-state index in [4.69, 9.17) is 5.73 Å². The van der Waals surface area contributed by atoms with Crippen LogP contribution in [0.25, 0.3) is 0 Å². The predicted octanol–water partition coefficient (Wildman–Crippen LogP) is -0.381. The molecule has 0 amide bonds. The number of carbonyl (C=O) groups excluding carboxylic acids is 3. The minimum atomic E-state index is -1.28. The number of unbranched alkanes of at least 4 members (excludes halogenated alkanes) is 10. The van der Waals surface area contributed by atoms with E-state index >= 15 is 0 Å². The Morgan fingerprint density at radius 1 is 0.846 bits per heavy atom. The molecular weight excluding hydrogens is 361 g/mol. The van der Waals surface area contributed by atoms with Crippen LogP contribution in [0, 0.1) is 0 Å². The van der Waals surface area contributed by atoms with Crippen molar-refractivity contribution in [3.63, 3.8) is 0 Å². The van der Waals surface area contributed by atoms with Gasteiger partial charge >= 0.3 is 63.3 Å². The number of carboxylic acid groups (broad SMARTS) is 1. The maximum atomic E-state index is 11.5. The van der Waals surface area contributed by atoms with Gasteiger partial charge in [0.1, 0.15) is 6.04 Å². The molecule has 2 N–H and O–H groups in total. The average Bonchev–Trinajstić information content (AvgIpc) is 2.57. The molecule has 0 bridgehead atoms. The van der Waals surface area contributed by atoms with E-state index in [0.29, 0.717) is 6.42 Å². The zero-order valence-corrected chi connectivity index (χ0v) is 19.7. The van der Waals surface area contributed by atoms with E-state index in [9.17, 15) is 19.5 Å². The summed E-state index contributed by atoms with van der Waals surface area (Å²) in [5.74, 6) is -2.74. The molecule has 26 heavy (non-hydrogen) atoms. The zero-order chi connectivity index (χ0) is 18.9. The molecule has 6 nitrogen and oxygen atoms in total. The van der Waals surface area contributed by atoms with Crippen LogP contribution in [-0.4, -0.2) is 23.9 Å². The molecule has 0 aliphatic carbocycles. The smallest absolute Gasteiger partial charge is 0.550 e. The van der Waals surface area contributed by atoms with Gasteiger partial charge in [-0.3, -0.25) is 4.79 Å². The summed E-state index contributed by atoms with van der Waals surface area (Å²) in [6.45, 7) is 2.22. The first-order valence-electron chi connectivity index (χ1n) is 9.67. The van der Waals surface area contributed by atoms with Crippen LogP contribution in [0.15, 0.2) is 0 Å². The number of nitrogens with two attached hydrogens (primary N) is 1. The van der Waals surface area contributed by atoms with Gasteiger partial charge in [0.05, 0.1) is 0 Å². The molecule has 0 aromatic carbocycles. The standard InChI is InChI=1S/C19H35NO5.K/c1-2-3-4-5-6-7-8-9-10-11-12-13-18(23)25-19(24)16(20)14-15-17(21)22;/h16H,2-15,20H2,1H3,(H,21,22);/q;+1/p-1/t16-;/m0./s1. The van der Waals surface area contributed by atoms with Crippen molar-refractivity contribution in [3.05, 3.63) is 0 Å². The first-order valence-corrected chi connectivity index (χ1v) is 9.67. The third-order valence-corrected chi connectivity index (χ3v) is 4.16. The summed E-state index contributed by atoms with van der Waals surface area (Å²) in [6.07, 6.45) is 12.8. The average molecular weight is 396 g/mol.